The quantitative estimate of drug-likeness (QED) is 0.541. The highest BCUT2D eigenvalue weighted by Crippen LogP contribution is 2.40. The topological polar surface area (TPSA) is 121 Å². The molecule has 1 amide bonds. The molecule has 1 fully saturated rings. The van der Waals surface area contributed by atoms with Gasteiger partial charge in [0.2, 0.25) is 5.91 Å². The highest BCUT2D eigenvalue weighted by molar-refractivity contribution is 9.10. The number of amidine groups is 1. The van der Waals surface area contributed by atoms with E-state index in [1.54, 1.807) is 17.2 Å². The number of morpholine rings is 1. The zero-order valence-electron chi connectivity index (χ0n) is 18.3. The summed E-state index contributed by atoms with van der Waals surface area (Å²) in [6.45, 7) is 3.31. The van der Waals surface area contributed by atoms with Crippen molar-refractivity contribution >= 4 is 45.0 Å². The molecule has 12 heteroatoms. The molecule has 3 N–H and O–H groups in total. The van der Waals surface area contributed by atoms with Crippen molar-refractivity contribution in [2.45, 2.75) is 19.0 Å². The lowest BCUT2D eigenvalue weighted by Crippen LogP contribution is -2.53. The number of aliphatic carboxylic acids is 1. The van der Waals surface area contributed by atoms with Gasteiger partial charge in [-0.05, 0) is 24.6 Å². The SMILES string of the molecule is CCN1C(c2nccs2)=NC(CN2CCOCC2C(N)=O)=C(C(=O)O)C1c1ccc(F)cc1Br. The zero-order valence-corrected chi connectivity index (χ0v) is 20.7. The van der Waals surface area contributed by atoms with Crippen LogP contribution in [-0.2, 0) is 14.3 Å². The number of carboxylic acid groups (broad SMARTS) is 1. The molecule has 2 aliphatic rings. The number of halogens is 2. The summed E-state index contributed by atoms with van der Waals surface area (Å²) in [6, 6.07) is 2.71. The van der Waals surface area contributed by atoms with Gasteiger partial charge in [-0.1, -0.05) is 22.0 Å². The Morgan fingerprint density at radius 1 is 1.41 bits per heavy atom. The van der Waals surface area contributed by atoms with Crippen molar-refractivity contribution in [2.24, 2.45) is 10.7 Å². The number of aliphatic imine (C=N–C) groups is 1. The van der Waals surface area contributed by atoms with Crippen LogP contribution in [-0.4, -0.2) is 76.5 Å². The third-order valence-electron chi connectivity index (χ3n) is 5.78. The molecule has 2 unspecified atom stereocenters. The van der Waals surface area contributed by atoms with Crippen molar-refractivity contribution < 1.29 is 23.8 Å². The molecule has 0 spiro atoms. The predicted octanol–water partition coefficient (Wildman–Crippen LogP) is 2.39. The lowest BCUT2D eigenvalue weighted by atomic mass is 9.93. The van der Waals surface area contributed by atoms with E-state index in [1.165, 1.54) is 23.5 Å². The molecule has 0 bridgehead atoms. The highest BCUT2D eigenvalue weighted by Gasteiger charge is 2.40. The van der Waals surface area contributed by atoms with Gasteiger partial charge < -0.3 is 20.5 Å². The Hall–Kier alpha value is -2.67. The van der Waals surface area contributed by atoms with Crippen LogP contribution in [0.4, 0.5) is 4.39 Å². The van der Waals surface area contributed by atoms with Gasteiger partial charge in [-0.3, -0.25) is 9.69 Å². The van der Waals surface area contributed by atoms with Crippen LogP contribution in [0.5, 0.6) is 0 Å². The standard InChI is InChI=1S/C22H23BrFN5O4S/c1-2-29-18(13-4-3-12(24)9-14(13)23)17(22(31)32)15(27-20(29)21-26-5-8-34-21)10-28-6-7-33-11-16(28)19(25)30/h3-5,8-9,16,18H,2,6-7,10-11H2,1H3,(H2,25,30)(H,31,32). The van der Waals surface area contributed by atoms with Crippen molar-refractivity contribution in [1.29, 1.82) is 0 Å². The predicted molar refractivity (Wildman–Crippen MR) is 128 cm³/mol. The van der Waals surface area contributed by atoms with E-state index < -0.39 is 29.8 Å². The van der Waals surface area contributed by atoms with E-state index in [9.17, 15) is 19.1 Å². The monoisotopic (exact) mass is 551 g/mol. The van der Waals surface area contributed by atoms with E-state index in [0.29, 0.717) is 40.6 Å². The van der Waals surface area contributed by atoms with Gasteiger partial charge in [0.1, 0.15) is 11.9 Å². The van der Waals surface area contributed by atoms with Crippen LogP contribution in [0.1, 0.15) is 23.5 Å². The van der Waals surface area contributed by atoms with Gasteiger partial charge in [-0.15, -0.1) is 11.3 Å². The molecule has 0 radical (unpaired) electrons. The second-order valence-electron chi connectivity index (χ2n) is 7.76. The summed E-state index contributed by atoms with van der Waals surface area (Å²) in [6.07, 6.45) is 1.65. The van der Waals surface area contributed by atoms with Crippen LogP contribution in [0, 0.1) is 5.82 Å². The number of thiazole rings is 1. The maximum Gasteiger partial charge on any atom is 0.335 e. The molecular formula is C22H23BrFN5O4S. The van der Waals surface area contributed by atoms with E-state index in [2.05, 4.69) is 20.9 Å². The first-order chi connectivity index (χ1) is 16.3. The van der Waals surface area contributed by atoms with Gasteiger partial charge in [0.05, 0.1) is 30.5 Å². The molecule has 3 heterocycles. The van der Waals surface area contributed by atoms with Gasteiger partial charge in [0, 0.05) is 35.7 Å². The summed E-state index contributed by atoms with van der Waals surface area (Å²) < 4.78 is 19.7. The average Bonchev–Trinajstić information content (AvgIpc) is 3.33. The van der Waals surface area contributed by atoms with E-state index in [4.69, 9.17) is 15.5 Å². The highest BCUT2D eigenvalue weighted by atomic mass is 79.9. The minimum Gasteiger partial charge on any atom is -0.478 e. The largest absolute Gasteiger partial charge is 0.478 e. The van der Waals surface area contributed by atoms with Crippen molar-refractivity contribution in [1.82, 2.24) is 14.8 Å². The van der Waals surface area contributed by atoms with Crippen molar-refractivity contribution in [3.05, 3.63) is 61.9 Å². The van der Waals surface area contributed by atoms with E-state index in [1.807, 2.05) is 17.2 Å². The van der Waals surface area contributed by atoms with E-state index >= 15 is 0 Å². The molecule has 0 aliphatic carbocycles. The summed E-state index contributed by atoms with van der Waals surface area (Å²) >= 11 is 4.79. The van der Waals surface area contributed by atoms with Crippen molar-refractivity contribution in [3.63, 3.8) is 0 Å². The molecule has 180 valence electrons. The number of likely N-dealkylation sites (N-methyl/N-ethyl adjacent to an activating group) is 1. The molecular weight excluding hydrogens is 529 g/mol. The second kappa shape index (κ2) is 10.3. The normalized spacial score (nSPS) is 21.5. The first kappa shape index (κ1) is 24.5. The number of amides is 1. The third-order valence-corrected chi connectivity index (χ3v) is 7.24. The molecule has 2 aliphatic heterocycles. The number of hydrogen-bond acceptors (Lipinski definition) is 8. The fourth-order valence-corrected chi connectivity index (χ4v) is 5.42. The lowest BCUT2D eigenvalue weighted by Gasteiger charge is -2.39. The number of nitrogens with two attached hydrogens (primary N) is 1. The number of hydrogen-bond donors (Lipinski definition) is 2. The molecule has 1 saturated heterocycles. The summed E-state index contributed by atoms with van der Waals surface area (Å²) in [5.74, 6) is -1.63. The Balaban J connectivity index is 1.90. The van der Waals surface area contributed by atoms with Gasteiger partial charge in [-0.25, -0.2) is 19.2 Å². The van der Waals surface area contributed by atoms with Crippen LogP contribution < -0.4 is 5.73 Å². The second-order valence-corrected chi connectivity index (χ2v) is 9.51. The summed E-state index contributed by atoms with van der Waals surface area (Å²) in [5, 5.41) is 12.8. The molecule has 1 aromatic carbocycles. The maximum absolute atomic E-state index is 13.9. The Morgan fingerprint density at radius 2 is 2.21 bits per heavy atom. The smallest absolute Gasteiger partial charge is 0.335 e. The van der Waals surface area contributed by atoms with Crippen LogP contribution in [0.3, 0.4) is 0 Å². The Bertz CT molecular complexity index is 1160. The molecule has 1 aromatic heterocycles. The van der Waals surface area contributed by atoms with Gasteiger partial charge >= 0.3 is 5.97 Å². The van der Waals surface area contributed by atoms with Crippen LogP contribution in [0.15, 0.2) is 50.5 Å². The number of carbonyl (C=O) groups excluding carboxylic acids is 1. The Labute approximate surface area is 207 Å². The van der Waals surface area contributed by atoms with Gasteiger partial charge in [0.15, 0.2) is 10.8 Å². The molecule has 2 aromatic rings. The van der Waals surface area contributed by atoms with Crippen molar-refractivity contribution in [2.75, 3.05) is 32.8 Å². The molecule has 34 heavy (non-hydrogen) atoms. The van der Waals surface area contributed by atoms with E-state index in [-0.39, 0.29) is 24.4 Å². The maximum atomic E-state index is 13.9. The first-order valence-corrected chi connectivity index (χ1v) is 12.3. The third kappa shape index (κ3) is 4.76. The fraction of sp³-hybridized carbons (Fsp3) is 0.364. The molecule has 4 rings (SSSR count). The number of primary amides is 1. The van der Waals surface area contributed by atoms with Crippen molar-refractivity contribution in [3.8, 4) is 0 Å². The number of carboxylic acids is 1. The number of nitrogens with zero attached hydrogens (tertiary/aromatic N) is 4. The number of carbonyl (C=O) groups is 2. The number of ether oxygens (including phenoxy) is 1. The number of benzene rings is 1. The average molecular weight is 552 g/mol. The lowest BCUT2D eigenvalue weighted by molar-refractivity contribution is -0.133. The minimum absolute atomic E-state index is 0.0455. The summed E-state index contributed by atoms with van der Waals surface area (Å²) in [4.78, 5) is 37.4. The fourth-order valence-electron chi connectivity index (χ4n) is 4.21. The molecule has 2 atom stereocenters. The zero-order chi connectivity index (χ0) is 24.4. The Morgan fingerprint density at radius 3 is 2.82 bits per heavy atom. The first-order valence-electron chi connectivity index (χ1n) is 10.6. The van der Waals surface area contributed by atoms with Gasteiger partial charge in [-0.2, -0.15) is 0 Å². The summed E-state index contributed by atoms with van der Waals surface area (Å²) in [5.41, 5.74) is 6.48. The molecule has 0 saturated carbocycles. The number of aromatic nitrogens is 1. The minimum atomic E-state index is -1.15. The van der Waals surface area contributed by atoms with Crippen LogP contribution >= 0.6 is 27.3 Å². The number of rotatable bonds is 7. The van der Waals surface area contributed by atoms with E-state index in [0.717, 1.165) is 0 Å². The van der Waals surface area contributed by atoms with Gasteiger partial charge in [0.25, 0.3) is 0 Å². The van der Waals surface area contributed by atoms with Crippen LogP contribution in [0.2, 0.25) is 0 Å². The summed E-state index contributed by atoms with van der Waals surface area (Å²) in [7, 11) is 0. The molecule has 9 nitrogen and oxygen atoms in total. The Kier molecular flexibility index (Phi) is 7.41. The van der Waals surface area contributed by atoms with Crippen LogP contribution in [0.25, 0.3) is 0 Å².